The minimum absolute atomic E-state index is 0.155. The summed E-state index contributed by atoms with van der Waals surface area (Å²) in [5.74, 6) is -2.38. The fourth-order valence-corrected chi connectivity index (χ4v) is 6.84. The van der Waals surface area contributed by atoms with Crippen molar-refractivity contribution in [3.8, 4) is 0 Å². The van der Waals surface area contributed by atoms with Gasteiger partial charge in [0.1, 0.15) is 12.6 Å². The molecule has 0 bridgehead atoms. The molecule has 11 nitrogen and oxygen atoms in total. The number of allylic oxidation sites excluding steroid dienone is 2. The van der Waals surface area contributed by atoms with Crippen molar-refractivity contribution in [3.63, 3.8) is 0 Å². The number of carboxylic acid groups (broad SMARTS) is 1. The van der Waals surface area contributed by atoms with Crippen molar-refractivity contribution in [1.29, 1.82) is 0 Å². The van der Waals surface area contributed by atoms with Gasteiger partial charge in [0, 0.05) is 12.8 Å². The van der Waals surface area contributed by atoms with Gasteiger partial charge in [0.05, 0.1) is 13.2 Å². The van der Waals surface area contributed by atoms with E-state index < -0.39 is 51.1 Å². The zero-order valence-corrected chi connectivity index (χ0v) is 35.2. The zero-order chi connectivity index (χ0) is 40.0. The van der Waals surface area contributed by atoms with Crippen LogP contribution in [-0.2, 0) is 37.5 Å². The van der Waals surface area contributed by atoms with E-state index in [2.05, 4.69) is 30.5 Å². The molecule has 0 heterocycles. The molecule has 0 aliphatic heterocycles. The van der Waals surface area contributed by atoms with Crippen LogP contribution in [-0.4, -0.2) is 59.9 Å². The Bertz CT molecular complexity index is 979. The van der Waals surface area contributed by atoms with Crippen molar-refractivity contribution in [1.82, 2.24) is 0 Å². The normalized spacial score (nSPS) is 13.9. The molecule has 0 aliphatic rings. The highest BCUT2D eigenvalue weighted by Crippen LogP contribution is 2.43. The molecule has 0 rings (SSSR count). The van der Waals surface area contributed by atoms with Crippen LogP contribution in [0.25, 0.3) is 0 Å². The van der Waals surface area contributed by atoms with Gasteiger partial charge in [0.15, 0.2) is 6.10 Å². The topological polar surface area (TPSA) is 172 Å². The monoisotopic (exact) mass is 790 g/mol. The first kappa shape index (κ1) is 52.2. The largest absolute Gasteiger partial charge is 0.480 e. The molecule has 0 saturated heterocycles. The number of hydrogen-bond acceptors (Lipinski definition) is 9. The van der Waals surface area contributed by atoms with Gasteiger partial charge in [-0.05, 0) is 38.5 Å². The molecule has 0 amide bonds. The van der Waals surface area contributed by atoms with E-state index in [1.807, 2.05) is 0 Å². The summed E-state index contributed by atoms with van der Waals surface area (Å²) in [6, 6.07) is -1.52. The maximum Gasteiger partial charge on any atom is 0.472 e. The van der Waals surface area contributed by atoms with Gasteiger partial charge in [-0.1, -0.05) is 167 Å². The number of hydrogen-bond donors (Lipinski definition) is 3. The predicted octanol–water partition coefficient (Wildman–Crippen LogP) is 11.3. The number of carboxylic acids is 1. The lowest BCUT2D eigenvalue weighted by Crippen LogP contribution is -2.34. The summed E-state index contributed by atoms with van der Waals surface area (Å²) in [4.78, 5) is 45.9. The molecule has 0 aromatic carbocycles. The molecule has 318 valence electrons. The molecule has 1 unspecified atom stereocenters. The average molecular weight is 790 g/mol. The van der Waals surface area contributed by atoms with Crippen LogP contribution in [0.4, 0.5) is 0 Å². The van der Waals surface area contributed by atoms with E-state index in [4.69, 9.17) is 24.8 Å². The molecule has 0 radical (unpaired) electrons. The highest BCUT2D eigenvalue weighted by atomic mass is 31.2. The highest BCUT2D eigenvalue weighted by molar-refractivity contribution is 7.47. The van der Waals surface area contributed by atoms with Crippen LogP contribution in [0.1, 0.15) is 206 Å². The maximum absolute atomic E-state index is 12.6. The zero-order valence-electron chi connectivity index (χ0n) is 34.3. The molecular weight excluding hydrogens is 709 g/mol. The minimum Gasteiger partial charge on any atom is -0.480 e. The first-order chi connectivity index (χ1) is 26.1. The molecule has 54 heavy (non-hydrogen) atoms. The molecule has 0 saturated carbocycles. The second-order valence-electron chi connectivity index (χ2n) is 14.8. The Kier molecular flexibility index (Phi) is 36.9. The number of esters is 2. The summed E-state index contributed by atoms with van der Waals surface area (Å²) >= 11 is 0. The van der Waals surface area contributed by atoms with Gasteiger partial charge in [0.25, 0.3) is 0 Å². The molecule has 0 spiro atoms. The van der Waals surface area contributed by atoms with E-state index in [1.54, 1.807) is 0 Å². The van der Waals surface area contributed by atoms with Crippen molar-refractivity contribution in [2.75, 3.05) is 19.8 Å². The Hall–Kier alpha value is -1.78. The van der Waals surface area contributed by atoms with Crippen LogP contribution >= 0.6 is 7.82 Å². The first-order valence-corrected chi connectivity index (χ1v) is 23.2. The quantitative estimate of drug-likeness (QED) is 0.0233. The Morgan fingerprint density at radius 3 is 1.39 bits per heavy atom. The maximum atomic E-state index is 12.6. The molecule has 0 fully saturated rings. The number of carbonyl (C=O) groups is 3. The third kappa shape index (κ3) is 37.2. The number of carbonyl (C=O) groups excluding carboxylic acids is 2. The number of nitrogens with two attached hydrogens (primary N) is 1. The van der Waals surface area contributed by atoms with Crippen molar-refractivity contribution in [2.24, 2.45) is 5.73 Å². The molecule has 0 aromatic rings. The fraction of sp³-hybridized carbons (Fsp3) is 0.881. The van der Waals surface area contributed by atoms with Crippen LogP contribution < -0.4 is 5.73 Å². The smallest absolute Gasteiger partial charge is 0.472 e. The van der Waals surface area contributed by atoms with Gasteiger partial charge >= 0.3 is 25.7 Å². The van der Waals surface area contributed by atoms with E-state index in [0.29, 0.717) is 12.8 Å². The summed E-state index contributed by atoms with van der Waals surface area (Å²) in [5.41, 5.74) is 5.33. The van der Waals surface area contributed by atoms with E-state index in [0.717, 1.165) is 57.8 Å². The van der Waals surface area contributed by atoms with Crippen molar-refractivity contribution < 1.29 is 47.5 Å². The van der Waals surface area contributed by atoms with Gasteiger partial charge in [-0.2, -0.15) is 0 Å². The number of unbranched alkanes of at least 4 members (excludes halogenated alkanes) is 25. The van der Waals surface area contributed by atoms with Crippen LogP contribution in [0.5, 0.6) is 0 Å². The second kappa shape index (κ2) is 38.1. The van der Waals surface area contributed by atoms with Crippen molar-refractivity contribution in [3.05, 3.63) is 12.2 Å². The number of phosphoric acid groups is 1. The summed E-state index contributed by atoms with van der Waals surface area (Å²) in [6.07, 6.45) is 37.1. The van der Waals surface area contributed by atoms with Gasteiger partial charge in [-0.15, -0.1) is 0 Å². The van der Waals surface area contributed by atoms with Gasteiger partial charge in [-0.3, -0.25) is 23.4 Å². The van der Waals surface area contributed by atoms with Crippen LogP contribution in [0, 0.1) is 0 Å². The predicted molar refractivity (Wildman–Crippen MR) is 217 cm³/mol. The lowest BCUT2D eigenvalue weighted by atomic mass is 10.0. The molecule has 0 aromatic heterocycles. The van der Waals surface area contributed by atoms with Crippen molar-refractivity contribution >= 4 is 25.7 Å². The molecule has 3 atom stereocenters. The third-order valence-electron chi connectivity index (χ3n) is 9.51. The third-order valence-corrected chi connectivity index (χ3v) is 10.5. The summed E-state index contributed by atoms with van der Waals surface area (Å²) in [7, 11) is -4.71. The van der Waals surface area contributed by atoms with Gasteiger partial charge in [0.2, 0.25) is 0 Å². The summed E-state index contributed by atoms with van der Waals surface area (Å²) in [5, 5.41) is 8.88. The van der Waals surface area contributed by atoms with Crippen LogP contribution in [0.15, 0.2) is 12.2 Å². The fourth-order valence-electron chi connectivity index (χ4n) is 6.06. The lowest BCUT2D eigenvalue weighted by molar-refractivity contribution is -0.161. The van der Waals surface area contributed by atoms with Gasteiger partial charge < -0.3 is 25.2 Å². The van der Waals surface area contributed by atoms with E-state index in [9.17, 15) is 23.8 Å². The molecule has 4 N–H and O–H groups in total. The number of rotatable bonds is 41. The Morgan fingerprint density at radius 2 is 0.926 bits per heavy atom. The van der Waals surface area contributed by atoms with E-state index in [-0.39, 0.29) is 19.4 Å². The first-order valence-electron chi connectivity index (χ1n) is 21.7. The number of ether oxygens (including phenoxy) is 2. The second-order valence-corrected chi connectivity index (χ2v) is 16.3. The standard InChI is InChI=1S/C42H80NO10P/c1-3-5-7-9-11-13-15-17-18-19-20-21-22-24-25-27-29-31-33-40(44)50-35-38(36-51-54(48,49)52-37-39(43)42(46)47)53-41(45)34-32-30-28-26-23-16-14-12-10-8-6-4-2/h12,14,38-39H,3-11,13,15-37,43H2,1-2H3,(H,46,47)(H,48,49)/b14-12-/t38-,39+/m1/s1. The van der Waals surface area contributed by atoms with Crippen molar-refractivity contribution in [2.45, 2.75) is 219 Å². The average Bonchev–Trinajstić information content (AvgIpc) is 3.14. The van der Waals surface area contributed by atoms with E-state index >= 15 is 0 Å². The Morgan fingerprint density at radius 1 is 0.556 bits per heavy atom. The minimum atomic E-state index is -4.71. The SMILES string of the molecule is CCCCC/C=C\CCCCCCCC(=O)O[C@H](COC(=O)CCCCCCCCCCCCCCCCCCCC)COP(=O)(O)OC[C@H](N)C(=O)O. The lowest BCUT2D eigenvalue weighted by Gasteiger charge is -2.20. The number of phosphoric ester groups is 1. The Balaban J connectivity index is 4.29. The summed E-state index contributed by atoms with van der Waals surface area (Å²) < 4.78 is 32.6. The molecule has 12 heteroatoms. The summed E-state index contributed by atoms with van der Waals surface area (Å²) in [6.45, 7) is 2.79. The molecule has 0 aliphatic carbocycles. The Labute approximate surface area is 328 Å². The van der Waals surface area contributed by atoms with Crippen LogP contribution in [0.2, 0.25) is 0 Å². The van der Waals surface area contributed by atoms with Crippen LogP contribution in [0.3, 0.4) is 0 Å². The van der Waals surface area contributed by atoms with Gasteiger partial charge in [-0.25, -0.2) is 4.57 Å². The number of aliphatic carboxylic acids is 1. The highest BCUT2D eigenvalue weighted by Gasteiger charge is 2.28. The molecular formula is C42H80NO10P. The van der Waals surface area contributed by atoms with E-state index in [1.165, 1.54) is 109 Å².